The molecule has 80 valence electrons. The van der Waals surface area contributed by atoms with Crippen molar-refractivity contribution in [2.24, 2.45) is 0 Å². The molecule has 0 amide bonds. The molecule has 1 aromatic rings. The van der Waals surface area contributed by atoms with E-state index in [1.165, 1.54) is 11.1 Å². The van der Waals surface area contributed by atoms with E-state index in [1.807, 2.05) is 6.07 Å². The maximum absolute atomic E-state index is 5.54. The standard InChI is InChI=1S/C12H15NO2/c1-7-5-9-3-4-10-12(15-6-14-10)11(9)8(2)13-7/h3-4,7-8,13H,5-6H2,1-2H3. The van der Waals surface area contributed by atoms with Gasteiger partial charge in [-0.3, -0.25) is 0 Å². The van der Waals surface area contributed by atoms with Crippen LogP contribution in [0.1, 0.15) is 31.0 Å². The number of hydrogen-bond donors (Lipinski definition) is 1. The van der Waals surface area contributed by atoms with E-state index in [0.717, 1.165) is 17.9 Å². The Labute approximate surface area is 89.4 Å². The monoisotopic (exact) mass is 205 g/mol. The molecule has 2 atom stereocenters. The molecule has 0 bridgehead atoms. The quantitative estimate of drug-likeness (QED) is 0.702. The van der Waals surface area contributed by atoms with Crippen molar-refractivity contribution in [3.8, 4) is 11.5 Å². The summed E-state index contributed by atoms with van der Waals surface area (Å²) in [5.41, 5.74) is 2.67. The van der Waals surface area contributed by atoms with Gasteiger partial charge in [0.25, 0.3) is 0 Å². The summed E-state index contributed by atoms with van der Waals surface area (Å²) in [5, 5.41) is 3.53. The lowest BCUT2D eigenvalue weighted by atomic mass is 9.90. The van der Waals surface area contributed by atoms with Gasteiger partial charge in [0.15, 0.2) is 11.5 Å². The summed E-state index contributed by atoms with van der Waals surface area (Å²) >= 11 is 0. The third-order valence-corrected chi connectivity index (χ3v) is 3.16. The average molecular weight is 205 g/mol. The highest BCUT2D eigenvalue weighted by molar-refractivity contribution is 5.54. The lowest BCUT2D eigenvalue weighted by Gasteiger charge is -2.29. The molecule has 0 saturated heterocycles. The van der Waals surface area contributed by atoms with Crippen molar-refractivity contribution in [1.29, 1.82) is 0 Å². The second-order valence-electron chi connectivity index (χ2n) is 4.37. The fourth-order valence-electron chi connectivity index (χ4n) is 2.59. The minimum Gasteiger partial charge on any atom is -0.454 e. The van der Waals surface area contributed by atoms with E-state index in [-0.39, 0.29) is 0 Å². The smallest absolute Gasteiger partial charge is 0.231 e. The number of ether oxygens (including phenoxy) is 2. The van der Waals surface area contributed by atoms with Crippen molar-refractivity contribution in [1.82, 2.24) is 5.32 Å². The zero-order chi connectivity index (χ0) is 10.4. The summed E-state index contributed by atoms with van der Waals surface area (Å²) in [6.07, 6.45) is 1.07. The van der Waals surface area contributed by atoms with Gasteiger partial charge >= 0.3 is 0 Å². The van der Waals surface area contributed by atoms with Crippen LogP contribution in [0.5, 0.6) is 11.5 Å². The molecule has 2 unspecified atom stereocenters. The highest BCUT2D eigenvalue weighted by atomic mass is 16.7. The van der Waals surface area contributed by atoms with E-state index in [2.05, 4.69) is 25.2 Å². The first-order valence-electron chi connectivity index (χ1n) is 5.43. The molecule has 2 heterocycles. The van der Waals surface area contributed by atoms with Gasteiger partial charge in [0, 0.05) is 17.6 Å². The molecule has 0 saturated carbocycles. The number of nitrogens with one attached hydrogen (secondary N) is 1. The van der Waals surface area contributed by atoms with Gasteiger partial charge in [-0.25, -0.2) is 0 Å². The Morgan fingerprint density at radius 3 is 3.00 bits per heavy atom. The zero-order valence-electron chi connectivity index (χ0n) is 9.04. The first-order chi connectivity index (χ1) is 7.25. The predicted molar refractivity (Wildman–Crippen MR) is 57.3 cm³/mol. The fourth-order valence-corrected chi connectivity index (χ4v) is 2.59. The van der Waals surface area contributed by atoms with Crippen LogP contribution in [0.25, 0.3) is 0 Å². The van der Waals surface area contributed by atoms with Crippen molar-refractivity contribution in [3.05, 3.63) is 23.3 Å². The van der Waals surface area contributed by atoms with Gasteiger partial charge in [-0.1, -0.05) is 6.07 Å². The van der Waals surface area contributed by atoms with Crippen LogP contribution in [0.2, 0.25) is 0 Å². The van der Waals surface area contributed by atoms with Crippen LogP contribution >= 0.6 is 0 Å². The molecule has 0 aliphatic carbocycles. The van der Waals surface area contributed by atoms with Gasteiger partial charge in [-0.05, 0) is 31.9 Å². The van der Waals surface area contributed by atoms with E-state index < -0.39 is 0 Å². The molecule has 0 aromatic heterocycles. The second-order valence-corrected chi connectivity index (χ2v) is 4.37. The van der Waals surface area contributed by atoms with Crippen molar-refractivity contribution in [3.63, 3.8) is 0 Å². The molecule has 0 fully saturated rings. The molecule has 3 rings (SSSR count). The zero-order valence-corrected chi connectivity index (χ0v) is 9.04. The van der Waals surface area contributed by atoms with E-state index in [0.29, 0.717) is 18.9 Å². The number of rotatable bonds is 0. The van der Waals surface area contributed by atoms with Crippen LogP contribution in [0.4, 0.5) is 0 Å². The van der Waals surface area contributed by atoms with Gasteiger partial charge in [-0.2, -0.15) is 0 Å². The van der Waals surface area contributed by atoms with Gasteiger partial charge in [-0.15, -0.1) is 0 Å². The summed E-state index contributed by atoms with van der Waals surface area (Å²) < 4.78 is 10.9. The molecular formula is C12H15NO2. The molecule has 0 spiro atoms. The third kappa shape index (κ3) is 1.30. The lowest BCUT2D eigenvalue weighted by molar-refractivity contribution is 0.172. The van der Waals surface area contributed by atoms with Crippen LogP contribution in [0.3, 0.4) is 0 Å². The topological polar surface area (TPSA) is 30.5 Å². The summed E-state index contributed by atoms with van der Waals surface area (Å²) in [7, 11) is 0. The molecule has 3 heteroatoms. The average Bonchev–Trinajstić information content (AvgIpc) is 2.63. The summed E-state index contributed by atoms with van der Waals surface area (Å²) in [6, 6.07) is 5.07. The fraction of sp³-hybridized carbons (Fsp3) is 0.500. The Morgan fingerprint density at radius 2 is 2.13 bits per heavy atom. The van der Waals surface area contributed by atoms with Gasteiger partial charge < -0.3 is 14.8 Å². The van der Waals surface area contributed by atoms with Crippen molar-refractivity contribution >= 4 is 0 Å². The van der Waals surface area contributed by atoms with Crippen molar-refractivity contribution in [2.75, 3.05) is 6.79 Å². The van der Waals surface area contributed by atoms with Gasteiger partial charge in [0.1, 0.15) is 0 Å². The molecule has 0 radical (unpaired) electrons. The molecule has 2 aliphatic heterocycles. The SMILES string of the molecule is CC1Cc2ccc3c(c2C(C)N1)OCO3. The maximum Gasteiger partial charge on any atom is 0.231 e. The maximum atomic E-state index is 5.54. The molecular weight excluding hydrogens is 190 g/mol. The highest BCUT2D eigenvalue weighted by Crippen LogP contribution is 2.42. The first-order valence-corrected chi connectivity index (χ1v) is 5.43. The van der Waals surface area contributed by atoms with E-state index >= 15 is 0 Å². The van der Waals surface area contributed by atoms with Crippen LogP contribution < -0.4 is 14.8 Å². The lowest BCUT2D eigenvalue weighted by Crippen LogP contribution is -2.36. The minimum absolute atomic E-state index is 0.348. The minimum atomic E-state index is 0.348. The van der Waals surface area contributed by atoms with E-state index in [9.17, 15) is 0 Å². The highest BCUT2D eigenvalue weighted by Gasteiger charge is 2.28. The second kappa shape index (κ2) is 3.14. The Bertz CT molecular complexity index is 403. The van der Waals surface area contributed by atoms with Crippen LogP contribution in [-0.2, 0) is 6.42 Å². The molecule has 1 N–H and O–H groups in total. The third-order valence-electron chi connectivity index (χ3n) is 3.16. The number of benzene rings is 1. The molecule has 15 heavy (non-hydrogen) atoms. The molecule has 2 aliphatic rings. The summed E-state index contributed by atoms with van der Waals surface area (Å²) in [5.74, 6) is 1.83. The Kier molecular flexibility index (Phi) is 1.89. The van der Waals surface area contributed by atoms with Crippen molar-refractivity contribution in [2.45, 2.75) is 32.4 Å². The van der Waals surface area contributed by atoms with Crippen LogP contribution in [-0.4, -0.2) is 12.8 Å². The van der Waals surface area contributed by atoms with E-state index in [1.54, 1.807) is 0 Å². The molecule has 3 nitrogen and oxygen atoms in total. The Hall–Kier alpha value is -1.22. The normalized spacial score (nSPS) is 27.6. The first kappa shape index (κ1) is 9.04. The Balaban J connectivity index is 2.14. The predicted octanol–water partition coefficient (Wildman–Crippen LogP) is 2.01. The van der Waals surface area contributed by atoms with E-state index in [4.69, 9.17) is 9.47 Å². The van der Waals surface area contributed by atoms with Crippen LogP contribution in [0, 0.1) is 0 Å². The summed E-state index contributed by atoms with van der Waals surface area (Å²) in [4.78, 5) is 0. The largest absolute Gasteiger partial charge is 0.454 e. The van der Waals surface area contributed by atoms with Crippen molar-refractivity contribution < 1.29 is 9.47 Å². The van der Waals surface area contributed by atoms with Gasteiger partial charge in [0.2, 0.25) is 6.79 Å². The van der Waals surface area contributed by atoms with Gasteiger partial charge in [0.05, 0.1) is 0 Å². The summed E-state index contributed by atoms with van der Waals surface area (Å²) in [6.45, 7) is 4.74. The number of fused-ring (bicyclic) bond motifs is 3. The van der Waals surface area contributed by atoms with Crippen LogP contribution in [0.15, 0.2) is 12.1 Å². The molecule has 1 aromatic carbocycles. The number of hydrogen-bond acceptors (Lipinski definition) is 3. The Morgan fingerprint density at radius 1 is 1.27 bits per heavy atom.